The van der Waals surface area contributed by atoms with Crippen molar-refractivity contribution in [1.82, 2.24) is 0 Å². The van der Waals surface area contributed by atoms with Gasteiger partial charge in [0, 0.05) is 10.8 Å². The van der Waals surface area contributed by atoms with Crippen LogP contribution in [-0.2, 0) is 0 Å². The topological polar surface area (TPSA) is 13.1 Å². The van der Waals surface area contributed by atoms with Crippen molar-refractivity contribution in [1.29, 1.82) is 0 Å². The molecule has 2 aromatic carbocycles. The lowest BCUT2D eigenvalue weighted by atomic mass is 10.1. The van der Waals surface area contributed by atoms with Gasteiger partial charge in [0.25, 0.3) is 0 Å². The Bertz CT molecular complexity index is 732. The molecule has 0 spiro atoms. The first-order chi connectivity index (χ1) is 8.47. The van der Waals surface area contributed by atoms with Crippen LogP contribution in [-0.4, -0.2) is 8.07 Å². The molecular weight excluding hydrogens is 236 g/mol. The molecule has 1 heterocycles. The van der Waals surface area contributed by atoms with Crippen LogP contribution in [0.3, 0.4) is 0 Å². The molecule has 18 heavy (non-hydrogen) atoms. The van der Waals surface area contributed by atoms with E-state index in [4.69, 9.17) is 4.42 Å². The van der Waals surface area contributed by atoms with Crippen LogP contribution in [0, 0.1) is 6.92 Å². The number of rotatable bonds is 1. The summed E-state index contributed by atoms with van der Waals surface area (Å²) in [5.74, 6) is 0. The number of hydrogen-bond acceptors (Lipinski definition) is 1. The highest BCUT2D eigenvalue weighted by molar-refractivity contribution is 6.90. The van der Waals surface area contributed by atoms with Crippen molar-refractivity contribution in [3.63, 3.8) is 0 Å². The normalized spacial score (nSPS) is 12.4. The molecule has 3 aromatic rings. The second kappa shape index (κ2) is 3.72. The Morgan fingerprint density at radius 2 is 1.72 bits per heavy atom. The first kappa shape index (κ1) is 11.5. The number of para-hydroxylation sites is 1. The fourth-order valence-corrected chi connectivity index (χ4v) is 3.96. The minimum atomic E-state index is -1.37. The fraction of sp³-hybridized carbons (Fsp3) is 0.250. The Morgan fingerprint density at radius 3 is 2.44 bits per heavy atom. The van der Waals surface area contributed by atoms with E-state index in [0.29, 0.717) is 0 Å². The lowest BCUT2D eigenvalue weighted by Gasteiger charge is -2.16. The van der Waals surface area contributed by atoms with Gasteiger partial charge < -0.3 is 4.42 Å². The van der Waals surface area contributed by atoms with E-state index < -0.39 is 8.07 Å². The smallest absolute Gasteiger partial charge is 0.135 e. The molecule has 0 radical (unpaired) electrons. The molecule has 0 amide bonds. The Hall–Kier alpha value is -1.54. The van der Waals surface area contributed by atoms with Crippen LogP contribution in [0.4, 0.5) is 0 Å². The highest BCUT2D eigenvalue weighted by Gasteiger charge is 2.22. The molecule has 0 aliphatic rings. The average Bonchev–Trinajstić information content (AvgIpc) is 2.64. The van der Waals surface area contributed by atoms with Crippen LogP contribution in [0.1, 0.15) is 5.56 Å². The van der Waals surface area contributed by atoms with Crippen LogP contribution < -0.4 is 5.19 Å². The SMILES string of the molecule is Cc1ccc2c(c1)oc1c([Si](C)(C)C)cccc12. The van der Waals surface area contributed by atoms with Gasteiger partial charge in [0.2, 0.25) is 0 Å². The second-order valence-electron chi connectivity index (χ2n) is 6.03. The third kappa shape index (κ3) is 1.68. The van der Waals surface area contributed by atoms with E-state index in [0.717, 1.165) is 11.2 Å². The Labute approximate surface area is 108 Å². The summed E-state index contributed by atoms with van der Waals surface area (Å²) >= 11 is 0. The monoisotopic (exact) mass is 254 g/mol. The quantitative estimate of drug-likeness (QED) is 0.585. The summed E-state index contributed by atoms with van der Waals surface area (Å²) in [6, 6.07) is 13.0. The molecule has 0 aliphatic heterocycles. The van der Waals surface area contributed by atoms with Crippen LogP contribution >= 0.6 is 0 Å². The van der Waals surface area contributed by atoms with Gasteiger partial charge in [-0.05, 0) is 23.7 Å². The van der Waals surface area contributed by atoms with Gasteiger partial charge in [0.15, 0.2) is 0 Å². The lowest BCUT2D eigenvalue weighted by Crippen LogP contribution is -2.37. The van der Waals surface area contributed by atoms with Gasteiger partial charge in [-0.15, -0.1) is 0 Å². The van der Waals surface area contributed by atoms with Crippen molar-refractivity contribution in [3.8, 4) is 0 Å². The van der Waals surface area contributed by atoms with E-state index in [9.17, 15) is 0 Å². The van der Waals surface area contributed by atoms with Crippen molar-refractivity contribution in [2.24, 2.45) is 0 Å². The molecule has 0 N–H and O–H groups in total. The number of fused-ring (bicyclic) bond motifs is 3. The van der Waals surface area contributed by atoms with Crippen molar-refractivity contribution in [2.45, 2.75) is 26.6 Å². The molecule has 1 nitrogen and oxygen atoms in total. The van der Waals surface area contributed by atoms with Crippen molar-refractivity contribution in [3.05, 3.63) is 42.0 Å². The zero-order valence-corrected chi connectivity index (χ0v) is 12.4. The zero-order valence-electron chi connectivity index (χ0n) is 11.4. The van der Waals surface area contributed by atoms with Crippen LogP contribution in [0.25, 0.3) is 21.9 Å². The molecule has 0 aliphatic carbocycles. The van der Waals surface area contributed by atoms with Gasteiger partial charge in [-0.25, -0.2) is 0 Å². The Balaban J connectivity index is 2.46. The van der Waals surface area contributed by atoms with Gasteiger partial charge in [0.05, 0.1) is 8.07 Å². The van der Waals surface area contributed by atoms with E-state index >= 15 is 0 Å². The van der Waals surface area contributed by atoms with Gasteiger partial charge in [-0.2, -0.15) is 0 Å². The van der Waals surface area contributed by atoms with Gasteiger partial charge >= 0.3 is 0 Å². The van der Waals surface area contributed by atoms with Gasteiger partial charge in [-0.3, -0.25) is 0 Å². The molecule has 1 aromatic heterocycles. The molecule has 0 fully saturated rings. The van der Waals surface area contributed by atoms with E-state index in [2.05, 4.69) is 63.0 Å². The van der Waals surface area contributed by atoms with E-state index in [1.807, 2.05) is 0 Å². The predicted octanol–water partition coefficient (Wildman–Crippen LogP) is 4.44. The summed E-state index contributed by atoms with van der Waals surface area (Å²) < 4.78 is 6.13. The van der Waals surface area contributed by atoms with Crippen molar-refractivity contribution in [2.75, 3.05) is 0 Å². The fourth-order valence-electron chi connectivity index (χ4n) is 2.50. The molecule has 0 atom stereocenters. The molecular formula is C16H18OSi. The van der Waals surface area contributed by atoms with Gasteiger partial charge in [-0.1, -0.05) is 50.0 Å². The molecule has 92 valence electrons. The predicted molar refractivity (Wildman–Crippen MR) is 81.4 cm³/mol. The van der Waals surface area contributed by atoms with E-state index in [-0.39, 0.29) is 0 Å². The summed E-state index contributed by atoms with van der Waals surface area (Å²) in [4.78, 5) is 0. The summed E-state index contributed by atoms with van der Waals surface area (Å²) in [7, 11) is -1.37. The average molecular weight is 254 g/mol. The first-order valence-corrected chi connectivity index (χ1v) is 9.89. The molecule has 0 saturated carbocycles. The molecule has 3 rings (SSSR count). The third-order valence-corrected chi connectivity index (χ3v) is 5.47. The number of aryl methyl sites for hydroxylation is 1. The number of benzene rings is 2. The molecule has 0 unspecified atom stereocenters. The van der Waals surface area contributed by atoms with Gasteiger partial charge in [0.1, 0.15) is 11.2 Å². The zero-order chi connectivity index (χ0) is 12.9. The van der Waals surface area contributed by atoms with Crippen LogP contribution in [0.2, 0.25) is 19.6 Å². The van der Waals surface area contributed by atoms with E-state index in [1.165, 1.54) is 21.5 Å². The first-order valence-electron chi connectivity index (χ1n) is 6.39. The van der Waals surface area contributed by atoms with Crippen molar-refractivity contribution >= 4 is 35.2 Å². The number of hydrogen-bond donors (Lipinski definition) is 0. The van der Waals surface area contributed by atoms with Crippen LogP contribution in [0.15, 0.2) is 40.8 Å². The van der Waals surface area contributed by atoms with Crippen molar-refractivity contribution < 1.29 is 4.42 Å². The van der Waals surface area contributed by atoms with Crippen LogP contribution in [0.5, 0.6) is 0 Å². The highest BCUT2D eigenvalue weighted by Crippen LogP contribution is 2.29. The second-order valence-corrected chi connectivity index (χ2v) is 11.1. The molecule has 0 bridgehead atoms. The lowest BCUT2D eigenvalue weighted by molar-refractivity contribution is 0.671. The minimum Gasteiger partial charge on any atom is -0.456 e. The largest absolute Gasteiger partial charge is 0.456 e. The number of furan rings is 1. The minimum absolute atomic E-state index is 1.01. The summed E-state index contributed by atoms with van der Waals surface area (Å²) in [6.45, 7) is 9.19. The summed E-state index contributed by atoms with van der Waals surface area (Å²) in [6.07, 6.45) is 0. The molecule has 0 saturated heterocycles. The maximum atomic E-state index is 6.13. The Morgan fingerprint density at radius 1 is 0.944 bits per heavy atom. The maximum absolute atomic E-state index is 6.13. The standard InChI is InChI=1S/C16H18OSi/c1-11-8-9-12-13-6-5-7-15(18(2,3)4)16(13)17-14(12)10-11/h5-10H,1-4H3. The maximum Gasteiger partial charge on any atom is 0.135 e. The Kier molecular flexibility index (Phi) is 2.39. The third-order valence-electron chi connectivity index (χ3n) is 3.46. The summed E-state index contributed by atoms with van der Waals surface area (Å²) in [5.41, 5.74) is 3.35. The summed E-state index contributed by atoms with van der Waals surface area (Å²) in [5, 5.41) is 3.90. The molecule has 2 heteroatoms. The highest BCUT2D eigenvalue weighted by atomic mass is 28.3. The van der Waals surface area contributed by atoms with E-state index in [1.54, 1.807) is 0 Å².